The van der Waals surface area contributed by atoms with E-state index >= 15 is 0 Å². The topological polar surface area (TPSA) is 127 Å². The molecular formula is C28H26FN5O4. The molecule has 5 rings (SSSR count). The van der Waals surface area contributed by atoms with Crippen LogP contribution in [0.2, 0.25) is 0 Å². The number of hydrogen-bond donors (Lipinski definition) is 2. The maximum Gasteiger partial charge on any atom is 0.439 e. The van der Waals surface area contributed by atoms with Gasteiger partial charge in [0.1, 0.15) is 23.1 Å². The van der Waals surface area contributed by atoms with E-state index in [2.05, 4.69) is 29.9 Å². The Bertz CT molecular complexity index is 1790. The third-order valence-electron chi connectivity index (χ3n) is 6.34. The van der Waals surface area contributed by atoms with Gasteiger partial charge in [0, 0.05) is 16.8 Å². The Labute approximate surface area is 216 Å². The van der Waals surface area contributed by atoms with Crippen molar-refractivity contribution in [2.24, 2.45) is 0 Å². The van der Waals surface area contributed by atoms with E-state index < -0.39 is 11.9 Å². The molecule has 4 aromatic heterocycles. The number of hydrogen-bond acceptors (Lipinski definition) is 8. The molecule has 0 aliphatic heterocycles. The number of fused-ring (bicyclic) bond motifs is 1. The predicted molar refractivity (Wildman–Crippen MR) is 142 cm³/mol. The van der Waals surface area contributed by atoms with Crippen LogP contribution in [-0.4, -0.2) is 20.1 Å². The molecule has 0 radical (unpaired) electrons. The number of alkyl halides is 1. The summed E-state index contributed by atoms with van der Waals surface area (Å²) in [5, 5.41) is 7.62. The van der Waals surface area contributed by atoms with Crippen LogP contribution in [0.25, 0.3) is 33.9 Å². The molecule has 0 saturated carbocycles. The second kappa shape index (κ2) is 9.70. The van der Waals surface area contributed by atoms with Crippen molar-refractivity contribution in [1.82, 2.24) is 20.1 Å². The van der Waals surface area contributed by atoms with E-state index in [0.29, 0.717) is 39.4 Å². The summed E-state index contributed by atoms with van der Waals surface area (Å²) >= 11 is 0. The average molecular weight is 516 g/mol. The van der Waals surface area contributed by atoms with Crippen LogP contribution in [0, 0.1) is 20.8 Å². The predicted octanol–water partition coefficient (Wildman–Crippen LogP) is 5.72. The molecule has 0 amide bonds. The van der Waals surface area contributed by atoms with Crippen molar-refractivity contribution < 1.29 is 13.3 Å². The zero-order valence-corrected chi connectivity index (χ0v) is 21.5. The number of benzene rings is 1. The number of anilines is 1. The molecular weight excluding hydrogens is 489 g/mol. The fourth-order valence-corrected chi connectivity index (χ4v) is 4.43. The highest BCUT2D eigenvalue weighted by Crippen LogP contribution is 2.33. The van der Waals surface area contributed by atoms with Gasteiger partial charge in [-0.15, -0.1) is 0 Å². The standard InChI is InChI=1S/C28H26FN5O4/c1-13-11-18(17(5)31-21-10-9-14(2)30-23(21)27-33-28(36)38-34-27)26-19(12-13)24(35)15(3)25(37-26)22-8-6-7-20(32-22)16(4)29/h6-12,16-17,31H,1-5H3,(H,33,34,36). The molecule has 4 heterocycles. The molecule has 5 aromatic rings. The van der Waals surface area contributed by atoms with Crippen molar-refractivity contribution in [3.63, 3.8) is 0 Å². The summed E-state index contributed by atoms with van der Waals surface area (Å²) in [5.74, 6) is -0.198. The van der Waals surface area contributed by atoms with Gasteiger partial charge in [0.15, 0.2) is 11.2 Å². The van der Waals surface area contributed by atoms with Gasteiger partial charge in [0.2, 0.25) is 5.82 Å². The Hall–Kier alpha value is -4.60. The van der Waals surface area contributed by atoms with Crippen molar-refractivity contribution >= 4 is 16.7 Å². The van der Waals surface area contributed by atoms with E-state index in [1.807, 2.05) is 39.0 Å². The molecule has 194 valence electrons. The van der Waals surface area contributed by atoms with Crippen LogP contribution < -0.4 is 16.5 Å². The third kappa shape index (κ3) is 4.60. The summed E-state index contributed by atoms with van der Waals surface area (Å²) in [4.78, 5) is 36.5. The van der Waals surface area contributed by atoms with E-state index in [1.54, 1.807) is 31.2 Å². The first kappa shape index (κ1) is 25.1. The van der Waals surface area contributed by atoms with Crippen LogP contribution in [0.15, 0.2) is 61.0 Å². The molecule has 2 unspecified atom stereocenters. The summed E-state index contributed by atoms with van der Waals surface area (Å²) in [5.41, 5.74) is 4.61. The molecule has 9 nitrogen and oxygen atoms in total. The maximum absolute atomic E-state index is 14.0. The number of rotatable bonds is 6. The molecule has 0 bridgehead atoms. The van der Waals surface area contributed by atoms with E-state index in [4.69, 9.17) is 4.42 Å². The third-order valence-corrected chi connectivity index (χ3v) is 6.34. The molecule has 38 heavy (non-hydrogen) atoms. The van der Waals surface area contributed by atoms with Crippen LogP contribution in [0.1, 0.15) is 54.1 Å². The Kier molecular flexibility index (Phi) is 6.40. The molecule has 0 saturated heterocycles. The molecule has 2 N–H and O–H groups in total. The maximum atomic E-state index is 14.0. The highest BCUT2D eigenvalue weighted by Gasteiger charge is 2.21. The lowest BCUT2D eigenvalue weighted by molar-refractivity contribution is 0.366. The number of H-pyrrole nitrogens is 1. The van der Waals surface area contributed by atoms with Gasteiger partial charge < -0.3 is 9.73 Å². The first-order valence-corrected chi connectivity index (χ1v) is 12.1. The van der Waals surface area contributed by atoms with E-state index in [-0.39, 0.29) is 23.0 Å². The number of nitrogens with zero attached hydrogens (tertiary/aromatic N) is 3. The van der Waals surface area contributed by atoms with E-state index in [1.165, 1.54) is 6.92 Å². The fourth-order valence-electron chi connectivity index (χ4n) is 4.43. The van der Waals surface area contributed by atoms with Gasteiger partial charge in [0.25, 0.3) is 0 Å². The van der Waals surface area contributed by atoms with Crippen LogP contribution in [-0.2, 0) is 0 Å². The minimum absolute atomic E-state index is 0.184. The molecule has 10 heteroatoms. The average Bonchev–Trinajstić information content (AvgIpc) is 3.33. The van der Waals surface area contributed by atoms with Gasteiger partial charge >= 0.3 is 5.76 Å². The molecule has 2 atom stereocenters. The minimum atomic E-state index is -1.26. The zero-order chi connectivity index (χ0) is 27.1. The lowest BCUT2D eigenvalue weighted by Gasteiger charge is -2.20. The van der Waals surface area contributed by atoms with Crippen molar-refractivity contribution in [1.29, 1.82) is 0 Å². The second-order valence-corrected chi connectivity index (χ2v) is 9.34. The molecule has 0 spiro atoms. The molecule has 0 aliphatic rings. The summed E-state index contributed by atoms with van der Waals surface area (Å²) in [6, 6.07) is 12.0. The van der Waals surface area contributed by atoms with Gasteiger partial charge in [0.05, 0.1) is 22.8 Å². The molecule has 0 aliphatic carbocycles. The van der Waals surface area contributed by atoms with Crippen molar-refractivity contribution in [2.45, 2.75) is 46.8 Å². The summed E-state index contributed by atoms with van der Waals surface area (Å²) in [6.07, 6.45) is -1.26. The summed E-state index contributed by atoms with van der Waals surface area (Å²) in [7, 11) is 0. The van der Waals surface area contributed by atoms with Gasteiger partial charge in [-0.1, -0.05) is 17.3 Å². The van der Waals surface area contributed by atoms with Crippen LogP contribution in [0.3, 0.4) is 0 Å². The lowest BCUT2D eigenvalue weighted by atomic mass is 9.99. The van der Waals surface area contributed by atoms with Crippen molar-refractivity contribution in [3.8, 4) is 23.0 Å². The number of halogens is 1. The zero-order valence-electron chi connectivity index (χ0n) is 21.5. The highest BCUT2D eigenvalue weighted by molar-refractivity contribution is 5.84. The first-order chi connectivity index (χ1) is 18.1. The van der Waals surface area contributed by atoms with Crippen molar-refractivity contribution in [3.05, 3.63) is 91.3 Å². The first-order valence-electron chi connectivity index (χ1n) is 12.1. The number of nitrogens with one attached hydrogen (secondary N) is 2. The van der Waals surface area contributed by atoms with E-state index in [9.17, 15) is 14.0 Å². The van der Waals surface area contributed by atoms with Crippen LogP contribution >= 0.6 is 0 Å². The highest BCUT2D eigenvalue weighted by atomic mass is 19.1. The molecule has 0 fully saturated rings. The second-order valence-electron chi connectivity index (χ2n) is 9.34. The number of aromatic nitrogens is 4. The number of aryl methyl sites for hydroxylation is 2. The Balaban J connectivity index is 1.65. The van der Waals surface area contributed by atoms with Gasteiger partial charge in [-0.05, 0) is 70.5 Å². The minimum Gasteiger partial charge on any atom is -0.454 e. The Morgan fingerprint density at radius 2 is 1.82 bits per heavy atom. The quantitative estimate of drug-likeness (QED) is 0.294. The van der Waals surface area contributed by atoms with Crippen LogP contribution in [0.5, 0.6) is 0 Å². The number of pyridine rings is 2. The monoisotopic (exact) mass is 515 g/mol. The summed E-state index contributed by atoms with van der Waals surface area (Å²) < 4.78 is 25.0. The SMILES string of the molecule is Cc1cc(C(C)Nc2ccc(C)nc2-c2noc(=O)[nH]2)c2oc(-c3cccc(C(C)F)n3)c(C)c(=O)c2c1. The number of aromatic amines is 1. The largest absolute Gasteiger partial charge is 0.454 e. The fraction of sp³-hybridized carbons (Fsp3) is 0.250. The normalized spacial score (nSPS) is 13.0. The molecule has 1 aromatic carbocycles. The van der Waals surface area contributed by atoms with Gasteiger partial charge in [-0.25, -0.2) is 19.2 Å². The smallest absolute Gasteiger partial charge is 0.439 e. The van der Waals surface area contributed by atoms with Crippen molar-refractivity contribution in [2.75, 3.05) is 5.32 Å². The summed E-state index contributed by atoms with van der Waals surface area (Å²) in [6.45, 7) is 8.75. The Morgan fingerprint density at radius 3 is 2.53 bits per heavy atom. The van der Waals surface area contributed by atoms with Gasteiger partial charge in [-0.2, -0.15) is 0 Å². The lowest BCUT2D eigenvalue weighted by Crippen LogP contribution is -2.13. The Morgan fingerprint density at radius 1 is 1.03 bits per heavy atom. The van der Waals surface area contributed by atoms with Gasteiger partial charge in [-0.3, -0.25) is 14.3 Å². The van der Waals surface area contributed by atoms with Crippen LogP contribution in [0.4, 0.5) is 10.1 Å². The van der Waals surface area contributed by atoms with E-state index in [0.717, 1.165) is 16.8 Å².